The second-order valence-electron chi connectivity index (χ2n) is 4.07. The van der Waals surface area contributed by atoms with Crippen molar-refractivity contribution in [3.05, 3.63) is 0 Å². The summed E-state index contributed by atoms with van der Waals surface area (Å²) in [5.41, 5.74) is 1.71. The third kappa shape index (κ3) is 3.50. The second-order valence-corrected chi connectivity index (χ2v) is 4.07. The van der Waals surface area contributed by atoms with Crippen LogP contribution in [-0.2, 0) is 0 Å². The SMILES string of the molecule is CCCCCC[N+]1=C(CC)CCC1. The van der Waals surface area contributed by atoms with E-state index in [0.29, 0.717) is 0 Å². The average Bonchev–Trinajstić information content (AvgIpc) is 2.60. The van der Waals surface area contributed by atoms with Gasteiger partial charge in [-0.2, -0.15) is 0 Å². The third-order valence-electron chi connectivity index (χ3n) is 3.03. The van der Waals surface area contributed by atoms with Gasteiger partial charge in [0.05, 0.1) is 0 Å². The van der Waals surface area contributed by atoms with Gasteiger partial charge >= 0.3 is 0 Å². The lowest BCUT2D eigenvalue weighted by Gasteiger charge is -2.00. The molecule has 0 aromatic heterocycles. The molecule has 0 aromatic rings. The summed E-state index contributed by atoms with van der Waals surface area (Å²) in [4.78, 5) is 0. The fraction of sp³-hybridized carbons (Fsp3) is 0.917. The van der Waals surface area contributed by atoms with Gasteiger partial charge in [0.1, 0.15) is 13.1 Å². The molecule has 0 saturated carbocycles. The summed E-state index contributed by atoms with van der Waals surface area (Å²) < 4.78 is 2.62. The molecule has 0 N–H and O–H groups in total. The van der Waals surface area contributed by atoms with Crippen molar-refractivity contribution in [1.82, 2.24) is 0 Å². The van der Waals surface area contributed by atoms with Crippen LogP contribution in [0, 0.1) is 0 Å². The molecule has 0 saturated heterocycles. The van der Waals surface area contributed by atoms with Gasteiger partial charge in [0.15, 0.2) is 5.71 Å². The van der Waals surface area contributed by atoms with Crippen LogP contribution in [0.1, 0.15) is 58.8 Å². The van der Waals surface area contributed by atoms with Crippen molar-refractivity contribution in [2.24, 2.45) is 0 Å². The first-order valence-electron chi connectivity index (χ1n) is 5.98. The molecule has 0 amide bonds. The van der Waals surface area contributed by atoms with E-state index in [1.165, 1.54) is 58.0 Å². The molecule has 0 aliphatic carbocycles. The van der Waals surface area contributed by atoms with E-state index in [9.17, 15) is 0 Å². The minimum absolute atomic E-state index is 1.27. The Morgan fingerprint density at radius 3 is 2.69 bits per heavy atom. The highest BCUT2D eigenvalue weighted by Crippen LogP contribution is 2.09. The van der Waals surface area contributed by atoms with Crippen LogP contribution in [0.25, 0.3) is 0 Å². The smallest absolute Gasteiger partial charge is 0.152 e. The van der Waals surface area contributed by atoms with Crippen LogP contribution >= 0.6 is 0 Å². The van der Waals surface area contributed by atoms with Gasteiger partial charge in [0.25, 0.3) is 0 Å². The minimum atomic E-state index is 1.27. The Bertz CT molecular complexity index is 170. The predicted molar refractivity (Wildman–Crippen MR) is 58.7 cm³/mol. The first kappa shape index (κ1) is 10.7. The zero-order chi connectivity index (χ0) is 9.52. The molecule has 1 rings (SSSR count). The maximum Gasteiger partial charge on any atom is 0.152 e. The molecule has 0 aromatic carbocycles. The second kappa shape index (κ2) is 6.17. The predicted octanol–water partition coefficient (Wildman–Crippen LogP) is 3.22. The Morgan fingerprint density at radius 1 is 1.15 bits per heavy atom. The third-order valence-corrected chi connectivity index (χ3v) is 3.03. The number of hydrogen-bond acceptors (Lipinski definition) is 0. The Labute approximate surface area is 82.9 Å². The van der Waals surface area contributed by atoms with Crippen LogP contribution < -0.4 is 0 Å². The van der Waals surface area contributed by atoms with Gasteiger partial charge < -0.3 is 0 Å². The highest BCUT2D eigenvalue weighted by Gasteiger charge is 2.19. The largest absolute Gasteiger partial charge is 0.237 e. The highest BCUT2D eigenvalue weighted by molar-refractivity contribution is 5.80. The maximum atomic E-state index is 2.62. The molecule has 1 aliphatic heterocycles. The van der Waals surface area contributed by atoms with Crippen LogP contribution in [0.4, 0.5) is 0 Å². The normalized spacial score (nSPS) is 17.1. The molecular formula is C12H24N+. The lowest BCUT2D eigenvalue weighted by atomic mass is 10.2. The maximum absolute atomic E-state index is 2.62. The molecule has 0 bridgehead atoms. The number of unbranched alkanes of at least 4 members (excludes halogenated alkanes) is 3. The molecule has 0 spiro atoms. The van der Waals surface area contributed by atoms with Crippen molar-refractivity contribution in [2.45, 2.75) is 58.8 Å². The average molecular weight is 182 g/mol. The zero-order valence-electron chi connectivity index (χ0n) is 9.31. The molecule has 0 unspecified atom stereocenters. The molecule has 76 valence electrons. The number of rotatable bonds is 6. The van der Waals surface area contributed by atoms with Gasteiger partial charge in [-0.05, 0) is 6.42 Å². The fourth-order valence-corrected chi connectivity index (χ4v) is 2.19. The Kier molecular flexibility index (Phi) is 5.10. The van der Waals surface area contributed by atoms with Crippen molar-refractivity contribution < 1.29 is 4.58 Å². The van der Waals surface area contributed by atoms with E-state index < -0.39 is 0 Å². The summed E-state index contributed by atoms with van der Waals surface area (Å²) in [6.45, 7) is 7.22. The molecule has 0 fully saturated rings. The molecular weight excluding hydrogens is 158 g/mol. The van der Waals surface area contributed by atoms with Crippen molar-refractivity contribution in [3.8, 4) is 0 Å². The van der Waals surface area contributed by atoms with E-state index in [4.69, 9.17) is 0 Å². The highest BCUT2D eigenvalue weighted by atomic mass is 15.0. The van der Waals surface area contributed by atoms with Gasteiger partial charge in [0.2, 0.25) is 0 Å². The lowest BCUT2D eigenvalue weighted by Crippen LogP contribution is -2.16. The summed E-state index contributed by atoms with van der Waals surface area (Å²) in [6, 6.07) is 0. The lowest BCUT2D eigenvalue weighted by molar-refractivity contribution is -0.521. The van der Waals surface area contributed by atoms with Crippen molar-refractivity contribution in [2.75, 3.05) is 13.1 Å². The Hall–Kier alpha value is -0.330. The van der Waals surface area contributed by atoms with Crippen LogP contribution in [0.2, 0.25) is 0 Å². The fourth-order valence-electron chi connectivity index (χ4n) is 2.19. The number of hydrogen-bond donors (Lipinski definition) is 0. The molecule has 1 heterocycles. The molecule has 0 atom stereocenters. The van der Waals surface area contributed by atoms with Gasteiger partial charge in [-0.15, -0.1) is 0 Å². The van der Waals surface area contributed by atoms with E-state index >= 15 is 0 Å². The van der Waals surface area contributed by atoms with Crippen LogP contribution in [0.15, 0.2) is 0 Å². The summed E-state index contributed by atoms with van der Waals surface area (Å²) in [5.74, 6) is 0. The van der Waals surface area contributed by atoms with Gasteiger partial charge in [-0.25, -0.2) is 4.58 Å². The first-order chi connectivity index (χ1) is 6.38. The monoisotopic (exact) mass is 182 g/mol. The van der Waals surface area contributed by atoms with Crippen LogP contribution in [-0.4, -0.2) is 23.4 Å². The molecule has 1 aliphatic rings. The van der Waals surface area contributed by atoms with Crippen LogP contribution in [0.3, 0.4) is 0 Å². The number of nitrogens with zero attached hydrogens (tertiary/aromatic N) is 1. The van der Waals surface area contributed by atoms with E-state index in [1.54, 1.807) is 5.71 Å². The van der Waals surface area contributed by atoms with E-state index in [-0.39, 0.29) is 0 Å². The van der Waals surface area contributed by atoms with Gasteiger partial charge in [-0.1, -0.05) is 26.7 Å². The molecule has 1 nitrogen and oxygen atoms in total. The zero-order valence-corrected chi connectivity index (χ0v) is 9.31. The van der Waals surface area contributed by atoms with Crippen molar-refractivity contribution in [3.63, 3.8) is 0 Å². The topological polar surface area (TPSA) is 3.01 Å². The van der Waals surface area contributed by atoms with Gasteiger partial charge in [-0.3, -0.25) is 0 Å². The van der Waals surface area contributed by atoms with Crippen molar-refractivity contribution in [1.29, 1.82) is 0 Å². The molecule has 0 radical (unpaired) electrons. The quantitative estimate of drug-likeness (QED) is 0.438. The summed E-state index contributed by atoms with van der Waals surface area (Å²) in [6.07, 6.45) is 9.62. The van der Waals surface area contributed by atoms with E-state index in [0.717, 1.165) is 0 Å². The Morgan fingerprint density at radius 2 is 2.00 bits per heavy atom. The van der Waals surface area contributed by atoms with E-state index in [1.807, 2.05) is 0 Å². The summed E-state index contributed by atoms with van der Waals surface area (Å²) in [5, 5.41) is 0. The standard InChI is InChI=1S/C12H24N/c1-3-5-6-7-10-13-11-8-9-12(13)4-2/h3-11H2,1-2H3/q+1. The summed E-state index contributed by atoms with van der Waals surface area (Å²) >= 11 is 0. The minimum Gasteiger partial charge on any atom is -0.237 e. The summed E-state index contributed by atoms with van der Waals surface area (Å²) in [7, 11) is 0. The van der Waals surface area contributed by atoms with Crippen LogP contribution in [0.5, 0.6) is 0 Å². The van der Waals surface area contributed by atoms with Crippen molar-refractivity contribution >= 4 is 5.71 Å². The van der Waals surface area contributed by atoms with Gasteiger partial charge in [0, 0.05) is 25.7 Å². The van der Waals surface area contributed by atoms with E-state index in [2.05, 4.69) is 18.4 Å². The molecule has 13 heavy (non-hydrogen) atoms. The molecule has 1 heteroatoms. The Balaban J connectivity index is 2.19. The first-order valence-corrected chi connectivity index (χ1v) is 5.98.